The number of alkyl halides is 1. The molecule has 0 aromatic heterocycles. The third-order valence-corrected chi connectivity index (χ3v) is 4.94. The van der Waals surface area contributed by atoms with Crippen molar-refractivity contribution in [3.63, 3.8) is 0 Å². The fourth-order valence-electron chi connectivity index (χ4n) is 4.27. The lowest BCUT2D eigenvalue weighted by Crippen LogP contribution is -2.62. The normalized spacial score (nSPS) is 49.2. The molecular formula is C14H19FO3. The summed E-state index contributed by atoms with van der Waals surface area (Å²) in [7, 11) is 0. The fourth-order valence-corrected chi connectivity index (χ4v) is 4.27. The fraction of sp³-hybridized carbons (Fsp3) is 0.786. The SMILES string of the molecule is C=C(C)C(=O)OC12CC3CC(C1)C(O)(F)C(C3)C2. The van der Waals surface area contributed by atoms with Gasteiger partial charge in [-0.15, -0.1) is 0 Å². The maximum atomic E-state index is 14.2. The maximum Gasteiger partial charge on any atom is 0.333 e. The standard InChI is InChI=1S/C14H19FO3/c1-8(2)12(16)18-13-5-9-3-10(6-13)14(15,17)11(4-9)7-13/h9-11,17H,1,3-7H2,2H3. The first kappa shape index (κ1) is 12.2. The summed E-state index contributed by atoms with van der Waals surface area (Å²) in [5.74, 6) is -2.81. The van der Waals surface area contributed by atoms with E-state index in [0.717, 1.165) is 19.3 Å². The van der Waals surface area contributed by atoms with Crippen LogP contribution in [-0.2, 0) is 9.53 Å². The molecule has 4 rings (SSSR count). The molecule has 100 valence electrons. The third kappa shape index (κ3) is 1.62. The minimum absolute atomic E-state index is 0.373. The molecule has 0 spiro atoms. The van der Waals surface area contributed by atoms with Crippen LogP contribution in [0.5, 0.6) is 0 Å². The highest BCUT2D eigenvalue weighted by Gasteiger charge is 2.64. The van der Waals surface area contributed by atoms with Gasteiger partial charge in [-0.05, 0) is 44.9 Å². The molecule has 0 saturated heterocycles. The Morgan fingerprint density at radius 1 is 1.33 bits per heavy atom. The molecule has 0 aromatic rings. The summed E-state index contributed by atoms with van der Waals surface area (Å²) in [6.07, 6.45) is 3.15. The molecular weight excluding hydrogens is 235 g/mol. The molecule has 4 fully saturated rings. The number of rotatable bonds is 2. The van der Waals surface area contributed by atoms with Gasteiger partial charge in [0.1, 0.15) is 5.60 Å². The average Bonchev–Trinajstić information content (AvgIpc) is 2.24. The van der Waals surface area contributed by atoms with E-state index in [1.54, 1.807) is 6.92 Å². The highest BCUT2D eigenvalue weighted by molar-refractivity contribution is 5.87. The minimum atomic E-state index is -2.06. The lowest BCUT2D eigenvalue weighted by Gasteiger charge is -2.59. The molecule has 18 heavy (non-hydrogen) atoms. The summed E-state index contributed by atoms with van der Waals surface area (Å²) in [6, 6.07) is 0. The molecule has 0 amide bonds. The Bertz CT molecular complexity index is 397. The molecule has 4 bridgehead atoms. The van der Waals surface area contributed by atoms with Crippen LogP contribution >= 0.6 is 0 Å². The number of hydrogen-bond acceptors (Lipinski definition) is 3. The number of carbonyl (C=O) groups excluding carboxylic acids is 1. The Kier molecular flexibility index (Phi) is 2.40. The van der Waals surface area contributed by atoms with Crippen LogP contribution in [0.4, 0.5) is 4.39 Å². The van der Waals surface area contributed by atoms with Crippen molar-refractivity contribution in [1.82, 2.24) is 0 Å². The Morgan fingerprint density at radius 2 is 1.89 bits per heavy atom. The number of hydrogen-bond donors (Lipinski definition) is 1. The summed E-state index contributed by atoms with van der Waals surface area (Å²) in [5, 5.41) is 9.93. The quantitative estimate of drug-likeness (QED) is 0.607. The van der Waals surface area contributed by atoms with Crippen LogP contribution in [0.2, 0.25) is 0 Å². The molecule has 0 heterocycles. The van der Waals surface area contributed by atoms with Gasteiger partial charge in [-0.2, -0.15) is 0 Å². The minimum Gasteiger partial charge on any atom is -0.456 e. The van der Waals surface area contributed by atoms with Crippen LogP contribution in [0.3, 0.4) is 0 Å². The van der Waals surface area contributed by atoms with E-state index >= 15 is 0 Å². The first-order valence-electron chi connectivity index (χ1n) is 6.62. The second-order valence-corrected chi connectivity index (χ2v) is 6.42. The van der Waals surface area contributed by atoms with Crippen LogP contribution in [0.1, 0.15) is 39.0 Å². The van der Waals surface area contributed by atoms with Gasteiger partial charge in [0, 0.05) is 17.4 Å². The van der Waals surface area contributed by atoms with Crippen LogP contribution < -0.4 is 0 Å². The van der Waals surface area contributed by atoms with E-state index in [0.29, 0.717) is 24.3 Å². The largest absolute Gasteiger partial charge is 0.456 e. The van der Waals surface area contributed by atoms with Crippen molar-refractivity contribution in [3.05, 3.63) is 12.2 Å². The molecule has 0 aliphatic heterocycles. The molecule has 0 radical (unpaired) electrons. The lowest BCUT2D eigenvalue weighted by atomic mass is 9.52. The van der Waals surface area contributed by atoms with E-state index in [1.807, 2.05) is 0 Å². The van der Waals surface area contributed by atoms with Crippen LogP contribution in [0.25, 0.3) is 0 Å². The summed E-state index contributed by atoms with van der Waals surface area (Å²) < 4.78 is 19.8. The van der Waals surface area contributed by atoms with E-state index in [1.165, 1.54) is 0 Å². The second kappa shape index (κ2) is 3.56. The van der Waals surface area contributed by atoms with Gasteiger partial charge in [-0.25, -0.2) is 9.18 Å². The molecule has 4 saturated carbocycles. The van der Waals surface area contributed by atoms with E-state index < -0.39 is 11.5 Å². The topological polar surface area (TPSA) is 46.5 Å². The number of esters is 1. The summed E-state index contributed by atoms with van der Waals surface area (Å²) in [4.78, 5) is 11.7. The molecule has 4 aliphatic carbocycles. The Hall–Kier alpha value is -0.900. The van der Waals surface area contributed by atoms with Gasteiger partial charge in [-0.1, -0.05) is 6.58 Å². The van der Waals surface area contributed by atoms with Gasteiger partial charge >= 0.3 is 5.97 Å². The molecule has 3 nitrogen and oxygen atoms in total. The van der Waals surface area contributed by atoms with E-state index in [9.17, 15) is 14.3 Å². The van der Waals surface area contributed by atoms with E-state index in [4.69, 9.17) is 4.74 Å². The first-order chi connectivity index (χ1) is 8.32. The van der Waals surface area contributed by atoms with Crippen molar-refractivity contribution in [2.75, 3.05) is 0 Å². The van der Waals surface area contributed by atoms with Crippen molar-refractivity contribution in [2.45, 2.75) is 50.5 Å². The zero-order valence-electron chi connectivity index (χ0n) is 10.6. The van der Waals surface area contributed by atoms with Gasteiger partial charge in [0.15, 0.2) is 0 Å². The van der Waals surface area contributed by atoms with Crippen molar-refractivity contribution in [2.24, 2.45) is 17.8 Å². The van der Waals surface area contributed by atoms with Crippen molar-refractivity contribution in [3.8, 4) is 0 Å². The predicted molar refractivity (Wildman–Crippen MR) is 63.2 cm³/mol. The van der Waals surface area contributed by atoms with E-state index in [-0.39, 0.29) is 17.8 Å². The molecule has 0 aromatic carbocycles. The smallest absolute Gasteiger partial charge is 0.333 e. The van der Waals surface area contributed by atoms with Crippen LogP contribution in [-0.4, -0.2) is 22.5 Å². The predicted octanol–water partition coefficient (Wildman–Crippen LogP) is 2.34. The second-order valence-electron chi connectivity index (χ2n) is 6.42. The van der Waals surface area contributed by atoms with Gasteiger partial charge in [0.25, 0.3) is 0 Å². The number of carbonyl (C=O) groups is 1. The Balaban J connectivity index is 1.84. The summed E-state index contributed by atoms with van der Waals surface area (Å²) in [6.45, 7) is 5.20. The summed E-state index contributed by atoms with van der Waals surface area (Å²) >= 11 is 0. The number of aliphatic hydroxyl groups is 1. The molecule has 2 atom stereocenters. The number of ether oxygens (including phenoxy) is 1. The Labute approximate surface area is 106 Å². The van der Waals surface area contributed by atoms with Gasteiger partial charge in [0.2, 0.25) is 5.85 Å². The van der Waals surface area contributed by atoms with Crippen molar-refractivity contribution < 1.29 is 19.0 Å². The lowest BCUT2D eigenvalue weighted by molar-refractivity contribution is -0.284. The van der Waals surface area contributed by atoms with Crippen molar-refractivity contribution in [1.29, 1.82) is 0 Å². The zero-order chi connectivity index (χ0) is 13.1. The van der Waals surface area contributed by atoms with E-state index in [2.05, 4.69) is 6.58 Å². The summed E-state index contributed by atoms with van der Waals surface area (Å²) in [5.41, 5.74) is -0.175. The molecule has 4 heteroatoms. The maximum absolute atomic E-state index is 14.2. The van der Waals surface area contributed by atoms with Crippen LogP contribution in [0, 0.1) is 17.8 Å². The highest BCUT2D eigenvalue weighted by atomic mass is 19.2. The monoisotopic (exact) mass is 254 g/mol. The van der Waals surface area contributed by atoms with Gasteiger partial charge < -0.3 is 9.84 Å². The zero-order valence-corrected chi connectivity index (χ0v) is 10.6. The average molecular weight is 254 g/mol. The van der Waals surface area contributed by atoms with Gasteiger partial charge in [0.05, 0.1) is 0 Å². The third-order valence-electron chi connectivity index (χ3n) is 4.94. The van der Waals surface area contributed by atoms with Crippen LogP contribution in [0.15, 0.2) is 12.2 Å². The van der Waals surface area contributed by atoms with Crippen molar-refractivity contribution >= 4 is 5.97 Å². The van der Waals surface area contributed by atoms with Gasteiger partial charge in [-0.3, -0.25) is 0 Å². The highest BCUT2D eigenvalue weighted by Crippen LogP contribution is 2.61. The number of halogens is 1. The Morgan fingerprint density at radius 3 is 2.39 bits per heavy atom. The molecule has 1 N–H and O–H groups in total. The molecule has 4 aliphatic rings. The molecule has 2 unspecified atom stereocenters. The first-order valence-corrected chi connectivity index (χ1v) is 6.62.